The van der Waals surface area contributed by atoms with E-state index in [1.807, 2.05) is 6.07 Å². The molecule has 1 nitrogen and oxygen atoms in total. The summed E-state index contributed by atoms with van der Waals surface area (Å²) >= 11 is 2.34. The topological polar surface area (TPSA) is 3.24 Å². The number of rotatable bonds is 3. The average Bonchev–Trinajstić information content (AvgIpc) is 2.51. The van der Waals surface area contributed by atoms with Crippen molar-refractivity contribution in [3.63, 3.8) is 0 Å². The monoisotopic (exact) mass is 385 g/mol. The normalized spacial score (nSPS) is 10.4. The van der Waals surface area contributed by atoms with Gasteiger partial charge in [0.1, 0.15) is 0 Å². The Hall–Kier alpha value is -1.81. The summed E-state index contributed by atoms with van der Waals surface area (Å²) in [7, 11) is 0. The second kappa shape index (κ2) is 6.31. The second-order valence-electron chi connectivity index (χ2n) is 4.99. The van der Waals surface area contributed by atoms with Crippen molar-refractivity contribution in [2.24, 2.45) is 0 Å². The maximum absolute atomic E-state index is 2.34. The Morgan fingerprint density at radius 2 is 1.29 bits per heavy atom. The van der Waals surface area contributed by atoms with Gasteiger partial charge in [-0.1, -0.05) is 30.3 Å². The van der Waals surface area contributed by atoms with Crippen LogP contribution in [-0.4, -0.2) is 0 Å². The van der Waals surface area contributed by atoms with Gasteiger partial charge in [0.2, 0.25) is 0 Å². The fraction of sp³-hybridized carbons (Fsp3) is 0.0526. The van der Waals surface area contributed by atoms with E-state index in [1.165, 1.54) is 26.2 Å². The molecule has 3 rings (SSSR count). The van der Waals surface area contributed by atoms with Gasteiger partial charge in [0.15, 0.2) is 0 Å². The van der Waals surface area contributed by atoms with Crippen LogP contribution in [0.2, 0.25) is 0 Å². The Labute approximate surface area is 139 Å². The molecule has 0 N–H and O–H groups in total. The van der Waals surface area contributed by atoms with Gasteiger partial charge in [0, 0.05) is 20.6 Å². The van der Waals surface area contributed by atoms with Crippen LogP contribution in [0.25, 0.3) is 0 Å². The highest BCUT2D eigenvalue weighted by atomic mass is 127. The molecule has 0 fully saturated rings. The molecule has 0 atom stereocenters. The van der Waals surface area contributed by atoms with Crippen LogP contribution in [0.1, 0.15) is 5.56 Å². The van der Waals surface area contributed by atoms with Crippen LogP contribution >= 0.6 is 22.6 Å². The van der Waals surface area contributed by atoms with E-state index in [0.29, 0.717) is 0 Å². The van der Waals surface area contributed by atoms with E-state index < -0.39 is 0 Å². The molecule has 0 aliphatic carbocycles. The molecular formula is C19H16IN. The average molecular weight is 385 g/mol. The molecule has 0 aromatic heterocycles. The molecule has 2 heteroatoms. The molecule has 0 saturated heterocycles. The highest BCUT2D eigenvalue weighted by Gasteiger charge is 2.11. The summed E-state index contributed by atoms with van der Waals surface area (Å²) in [6.45, 7) is 2.13. The number of halogens is 1. The fourth-order valence-corrected chi connectivity index (χ4v) is 2.74. The summed E-state index contributed by atoms with van der Waals surface area (Å²) in [5.41, 5.74) is 4.79. The predicted molar refractivity (Wildman–Crippen MR) is 98.6 cm³/mol. The Bertz CT molecular complexity index is 720. The smallest absolute Gasteiger partial charge is 0.0464 e. The van der Waals surface area contributed by atoms with Gasteiger partial charge >= 0.3 is 0 Å². The van der Waals surface area contributed by atoms with E-state index in [4.69, 9.17) is 0 Å². The number of anilines is 3. The maximum atomic E-state index is 2.34. The van der Waals surface area contributed by atoms with Crippen molar-refractivity contribution in [3.05, 3.63) is 88.0 Å². The van der Waals surface area contributed by atoms with Crippen LogP contribution < -0.4 is 4.90 Å². The molecule has 0 aliphatic rings. The van der Waals surface area contributed by atoms with Crippen LogP contribution in [0.5, 0.6) is 0 Å². The van der Waals surface area contributed by atoms with Crippen molar-refractivity contribution in [2.45, 2.75) is 6.92 Å². The maximum Gasteiger partial charge on any atom is 0.0464 e. The van der Waals surface area contributed by atoms with E-state index in [9.17, 15) is 0 Å². The minimum atomic E-state index is 1.17. The molecule has 0 amide bonds. The fourth-order valence-electron chi connectivity index (χ4n) is 2.38. The van der Waals surface area contributed by atoms with Gasteiger partial charge in [-0.25, -0.2) is 0 Å². The van der Waals surface area contributed by atoms with E-state index in [0.717, 1.165) is 0 Å². The molecule has 3 aromatic carbocycles. The lowest BCUT2D eigenvalue weighted by molar-refractivity contribution is 1.27. The molecule has 104 valence electrons. The molecule has 0 bridgehead atoms. The van der Waals surface area contributed by atoms with Crippen LogP contribution in [-0.2, 0) is 0 Å². The zero-order chi connectivity index (χ0) is 14.7. The SMILES string of the molecule is Cc1cccc(N(c2ccccc2)c2ccc(I)cc2)c1. The van der Waals surface area contributed by atoms with E-state index in [1.54, 1.807) is 0 Å². The summed E-state index contributed by atoms with van der Waals surface area (Å²) in [4.78, 5) is 2.28. The molecular weight excluding hydrogens is 369 g/mol. The standard InChI is InChI=1S/C19H16IN/c1-15-6-5-9-19(14-15)21(17-7-3-2-4-8-17)18-12-10-16(20)11-13-18/h2-14H,1H3. The predicted octanol–water partition coefficient (Wildman–Crippen LogP) is 6.07. The first-order valence-electron chi connectivity index (χ1n) is 6.91. The molecule has 0 unspecified atom stereocenters. The first-order valence-corrected chi connectivity index (χ1v) is 7.99. The first kappa shape index (κ1) is 14.1. The zero-order valence-electron chi connectivity index (χ0n) is 11.8. The van der Waals surface area contributed by atoms with Crippen molar-refractivity contribution in [1.82, 2.24) is 0 Å². The molecule has 0 aliphatic heterocycles. The number of hydrogen-bond donors (Lipinski definition) is 0. The largest absolute Gasteiger partial charge is 0.310 e. The number of nitrogens with zero attached hydrogens (tertiary/aromatic N) is 1. The minimum absolute atomic E-state index is 1.17. The van der Waals surface area contributed by atoms with Gasteiger partial charge in [-0.2, -0.15) is 0 Å². The van der Waals surface area contributed by atoms with Crippen molar-refractivity contribution < 1.29 is 0 Å². The number of hydrogen-bond acceptors (Lipinski definition) is 1. The van der Waals surface area contributed by atoms with Gasteiger partial charge < -0.3 is 4.90 Å². The summed E-state index contributed by atoms with van der Waals surface area (Å²) in [6.07, 6.45) is 0. The summed E-state index contributed by atoms with van der Waals surface area (Å²) in [5.74, 6) is 0. The lowest BCUT2D eigenvalue weighted by Gasteiger charge is -2.25. The van der Waals surface area contributed by atoms with E-state index in [-0.39, 0.29) is 0 Å². The Morgan fingerprint density at radius 1 is 0.667 bits per heavy atom. The van der Waals surface area contributed by atoms with Crippen LogP contribution in [0.3, 0.4) is 0 Å². The zero-order valence-corrected chi connectivity index (χ0v) is 14.0. The number of aryl methyl sites for hydroxylation is 1. The molecule has 0 saturated carbocycles. The molecule has 0 radical (unpaired) electrons. The van der Waals surface area contributed by atoms with Crippen LogP contribution in [0.4, 0.5) is 17.1 Å². The second-order valence-corrected chi connectivity index (χ2v) is 6.23. The summed E-state index contributed by atoms with van der Waals surface area (Å²) in [6, 6.07) is 27.7. The minimum Gasteiger partial charge on any atom is -0.310 e. The lowest BCUT2D eigenvalue weighted by Crippen LogP contribution is -2.09. The highest BCUT2D eigenvalue weighted by molar-refractivity contribution is 14.1. The highest BCUT2D eigenvalue weighted by Crippen LogP contribution is 2.34. The van der Waals surface area contributed by atoms with Gasteiger partial charge in [-0.05, 0) is 83.6 Å². The Kier molecular flexibility index (Phi) is 4.25. The van der Waals surface area contributed by atoms with Crippen LogP contribution in [0, 0.1) is 10.5 Å². The van der Waals surface area contributed by atoms with Crippen molar-refractivity contribution in [2.75, 3.05) is 4.90 Å². The molecule has 21 heavy (non-hydrogen) atoms. The van der Waals surface area contributed by atoms with Gasteiger partial charge in [-0.15, -0.1) is 0 Å². The van der Waals surface area contributed by atoms with Crippen molar-refractivity contribution in [3.8, 4) is 0 Å². The van der Waals surface area contributed by atoms with Gasteiger partial charge in [-0.3, -0.25) is 0 Å². The van der Waals surface area contributed by atoms with Gasteiger partial charge in [0.25, 0.3) is 0 Å². The third kappa shape index (κ3) is 3.27. The van der Waals surface area contributed by atoms with Crippen molar-refractivity contribution >= 4 is 39.7 Å². The summed E-state index contributed by atoms with van der Waals surface area (Å²) in [5, 5.41) is 0. The quantitative estimate of drug-likeness (QED) is 0.495. The van der Waals surface area contributed by atoms with Gasteiger partial charge in [0.05, 0.1) is 0 Å². The Morgan fingerprint density at radius 3 is 1.95 bits per heavy atom. The van der Waals surface area contributed by atoms with Crippen LogP contribution in [0.15, 0.2) is 78.9 Å². The first-order chi connectivity index (χ1) is 10.2. The lowest BCUT2D eigenvalue weighted by atomic mass is 10.1. The van der Waals surface area contributed by atoms with Crippen molar-refractivity contribution in [1.29, 1.82) is 0 Å². The number of benzene rings is 3. The number of para-hydroxylation sites is 1. The van der Waals surface area contributed by atoms with E-state index in [2.05, 4.69) is 107 Å². The third-order valence-electron chi connectivity index (χ3n) is 3.36. The van der Waals surface area contributed by atoms with E-state index >= 15 is 0 Å². The molecule has 3 aromatic rings. The molecule has 0 spiro atoms. The Balaban J connectivity index is 2.13. The molecule has 0 heterocycles. The third-order valence-corrected chi connectivity index (χ3v) is 4.08. The summed E-state index contributed by atoms with van der Waals surface area (Å²) < 4.78 is 1.24.